The van der Waals surface area contributed by atoms with Gasteiger partial charge < -0.3 is 20.3 Å². The Labute approximate surface area is 165 Å². The van der Waals surface area contributed by atoms with E-state index < -0.39 is 0 Å². The molecular weight excluding hydrogens is 366 g/mol. The molecule has 0 saturated carbocycles. The quantitative estimate of drug-likeness (QED) is 0.714. The smallest absolute Gasteiger partial charge is 0.258 e. The number of ether oxygens (including phenoxy) is 1. The molecule has 7 heteroatoms. The summed E-state index contributed by atoms with van der Waals surface area (Å²) in [6, 6.07) is 15.0. The Morgan fingerprint density at radius 1 is 1.11 bits per heavy atom. The number of para-hydroxylation sites is 1. The molecule has 1 aliphatic rings. The highest BCUT2D eigenvalue weighted by Gasteiger charge is 2.24. The van der Waals surface area contributed by atoms with Crippen molar-refractivity contribution in [1.82, 2.24) is 5.32 Å². The molecule has 0 unspecified atom stereocenters. The van der Waals surface area contributed by atoms with Crippen LogP contribution in [0, 0.1) is 0 Å². The van der Waals surface area contributed by atoms with E-state index in [0.29, 0.717) is 30.9 Å². The lowest BCUT2D eigenvalue weighted by atomic mass is 10.1. The van der Waals surface area contributed by atoms with Crippen molar-refractivity contribution < 1.29 is 14.3 Å². The van der Waals surface area contributed by atoms with Crippen LogP contribution in [0.3, 0.4) is 0 Å². The zero-order valence-electron chi connectivity index (χ0n) is 15.2. The average molecular weight is 390 g/mol. The molecule has 2 amide bonds. The molecule has 6 nitrogen and oxygen atoms in total. The van der Waals surface area contributed by atoms with Crippen LogP contribution in [-0.4, -0.2) is 45.2 Å². The lowest BCUT2D eigenvalue weighted by Gasteiger charge is -2.17. The molecule has 0 aromatic heterocycles. The Morgan fingerprint density at radius 2 is 1.85 bits per heavy atom. The first-order valence-corrected chi connectivity index (χ1v) is 8.68. The highest BCUT2D eigenvalue weighted by Crippen LogP contribution is 2.29. The normalized spacial score (nSPS) is 12.3. The number of benzene rings is 2. The summed E-state index contributed by atoms with van der Waals surface area (Å²) in [5, 5.41) is 5.79. The molecule has 144 valence electrons. The maximum Gasteiger partial charge on any atom is 0.258 e. The second kappa shape index (κ2) is 10.1. The first kappa shape index (κ1) is 20.9. The second-order valence-electron chi connectivity index (χ2n) is 6.13. The molecular formula is C20H24ClN3O3. The van der Waals surface area contributed by atoms with E-state index in [0.717, 1.165) is 12.1 Å². The van der Waals surface area contributed by atoms with E-state index in [9.17, 15) is 9.59 Å². The van der Waals surface area contributed by atoms with Gasteiger partial charge >= 0.3 is 0 Å². The average Bonchev–Trinajstić information content (AvgIpc) is 3.09. The first-order valence-electron chi connectivity index (χ1n) is 8.68. The van der Waals surface area contributed by atoms with Gasteiger partial charge in [0.25, 0.3) is 5.91 Å². The number of amides is 2. The van der Waals surface area contributed by atoms with Gasteiger partial charge in [-0.15, -0.1) is 12.4 Å². The fraction of sp³-hybridized carbons (Fsp3) is 0.300. The molecule has 0 spiro atoms. The van der Waals surface area contributed by atoms with Crippen LogP contribution < -0.4 is 15.5 Å². The van der Waals surface area contributed by atoms with Crippen LogP contribution in [0.5, 0.6) is 0 Å². The number of methoxy groups -OCH3 is 1. The lowest BCUT2D eigenvalue weighted by molar-refractivity contribution is -0.115. The summed E-state index contributed by atoms with van der Waals surface area (Å²) < 4.78 is 4.91. The van der Waals surface area contributed by atoms with Crippen molar-refractivity contribution in [2.45, 2.75) is 6.42 Å². The Balaban J connectivity index is 0.00000261. The van der Waals surface area contributed by atoms with Crippen molar-refractivity contribution in [3.63, 3.8) is 0 Å². The lowest BCUT2D eigenvalue weighted by Crippen LogP contribution is -2.30. The highest BCUT2D eigenvalue weighted by molar-refractivity contribution is 6.07. The second-order valence-corrected chi connectivity index (χ2v) is 6.13. The fourth-order valence-electron chi connectivity index (χ4n) is 2.98. The summed E-state index contributed by atoms with van der Waals surface area (Å²) in [5.74, 6) is -0.150. The van der Waals surface area contributed by atoms with Crippen LogP contribution in [0.4, 0.5) is 11.4 Å². The van der Waals surface area contributed by atoms with E-state index in [1.165, 1.54) is 5.56 Å². The molecule has 0 bridgehead atoms. The van der Waals surface area contributed by atoms with Crippen LogP contribution in [0.2, 0.25) is 0 Å². The number of nitrogens with zero attached hydrogens (tertiary/aromatic N) is 1. The molecule has 0 radical (unpaired) electrons. The van der Waals surface area contributed by atoms with E-state index in [1.54, 1.807) is 31.4 Å². The number of hydrogen-bond donors (Lipinski definition) is 2. The predicted molar refractivity (Wildman–Crippen MR) is 109 cm³/mol. The van der Waals surface area contributed by atoms with Gasteiger partial charge in [0.1, 0.15) is 0 Å². The van der Waals surface area contributed by atoms with Gasteiger partial charge in [0, 0.05) is 37.1 Å². The molecule has 2 aromatic carbocycles. The Hall–Kier alpha value is -2.41. The number of hydrogen-bond acceptors (Lipinski definition) is 4. The minimum Gasteiger partial charge on any atom is -0.383 e. The molecule has 2 N–H and O–H groups in total. The summed E-state index contributed by atoms with van der Waals surface area (Å²) in [4.78, 5) is 26.4. The van der Waals surface area contributed by atoms with Gasteiger partial charge in [-0.05, 0) is 42.3 Å². The van der Waals surface area contributed by atoms with E-state index in [1.807, 2.05) is 23.1 Å². The molecule has 27 heavy (non-hydrogen) atoms. The fourth-order valence-corrected chi connectivity index (χ4v) is 2.98. The van der Waals surface area contributed by atoms with Gasteiger partial charge in [-0.2, -0.15) is 0 Å². The van der Waals surface area contributed by atoms with Crippen LogP contribution in [-0.2, 0) is 16.0 Å². The zero-order valence-corrected chi connectivity index (χ0v) is 16.1. The maximum absolute atomic E-state index is 12.8. The number of anilines is 2. The molecule has 2 aromatic rings. The minimum absolute atomic E-state index is 0. The zero-order chi connectivity index (χ0) is 18.4. The van der Waals surface area contributed by atoms with Crippen molar-refractivity contribution >= 4 is 35.6 Å². The van der Waals surface area contributed by atoms with Crippen LogP contribution in [0.15, 0.2) is 48.5 Å². The van der Waals surface area contributed by atoms with E-state index in [2.05, 4.69) is 16.7 Å². The van der Waals surface area contributed by atoms with Crippen molar-refractivity contribution in [3.8, 4) is 0 Å². The van der Waals surface area contributed by atoms with Gasteiger partial charge in [0.15, 0.2) is 0 Å². The predicted octanol–water partition coefficient (Wildman–Crippen LogP) is 2.49. The van der Waals surface area contributed by atoms with Gasteiger partial charge in [-0.3, -0.25) is 9.59 Å². The minimum atomic E-state index is -0.131. The molecule has 1 heterocycles. The van der Waals surface area contributed by atoms with E-state index in [4.69, 9.17) is 4.74 Å². The number of nitrogens with one attached hydrogen (secondary N) is 2. The SMILES string of the molecule is COCCNCC(=O)Nc1ccc(C(=O)N2CCc3ccccc32)cc1.Cl. The van der Waals surface area contributed by atoms with Crippen molar-refractivity contribution in [3.05, 3.63) is 59.7 Å². The van der Waals surface area contributed by atoms with Gasteiger partial charge in [-0.1, -0.05) is 18.2 Å². The number of carbonyl (C=O) groups is 2. The summed E-state index contributed by atoms with van der Waals surface area (Å²) in [5.41, 5.74) is 3.46. The molecule has 0 saturated heterocycles. The Kier molecular flexibility index (Phi) is 7.79. The third-order valence-corrected chi connectivity index (χ3v) is 4.32. The number of halogens is 1. The molecule has 0 atom stereocenters. The van der Waals surface area contributed by atoms with Crippen molar-refractivity contribution in [2.24, 2.45) is 0 Å². The van der Waals surface area contributed by atoms with E-state index in [-0.39, 0.29) is 30.8 Å². The molecule has 3 rings (SSSR count). The standard InChI is InChI=1S/C20H23N3O3.ClH/c1-26-13-11-21-14-19(24)22-17-8-6-16(7-9-17)20(25)23-12-10-15-4-2-3-5-18(15)23;/h2-9,21H,10-14H2,1H3,(H,22,24);1H. The number of fused-ring (bicyclic) bond motifs is 1. The summed E-state index contributed by atoms with van der Waals surface area (Å²) in [6.07, 6.45) is 0.881. The Morgan fingerprint density at radius 3 is 2.59 bits per heavy atom. The topological polar surface area (TPSA) is 70.7 Å². The van der Waals surface area contributed by atoms with Crippen LogP contribution in [0.1, 0.15) is 15.9 Å². The highest BCUT2D eigenvalue weighted by atomic mass is 35.5. The number of rotatable bonds is 7. The first-order chi connectivity index (χ1) is 12.7. The third kappa shape index (κ3) is 5.29. The van der Waals surface area contributed by atoms with E-state index >= 15 is 0 Å². The molecule has 1 aliphatic heterocycles. The van der Waals surface area contributed by atoms with Crippen molar-refractivity contribution in [2.75, 3.05) is 43.6 Å². The van der Waals surface area contributed by atoms with Crippen LogP contribution >= 0.6 is 12.4 Å². The van der Waals surface area contributed by atoms with Gasteiger partial charge in [-0.25, -0.2) is 0 Å². The summed E-state index contributed by atoms with van der Waals surface area (Å²) >= 11 is 0. The monoisotopic (exact) mass is 389 g/mol. The summed E-state index contributed by atoms with van der Waals surface area (Å²) in [7, 11) is 1.62. The largest absolute Gasteiger partial charge is 0.383 e. The Bertz CT molecular complexity index is 780. The van der Waals surface area contributed by atoms with Crippen molar-refractivity contribution in [1.29, 1.82) is 0 Å². The third-order valence-electron chi connectivity index (χ3n) is 4.32. The molecule has 0 aliphatic carbocycles. The van der Waals surface area contributed by atoms with Crippen LogP contribution in [0.25, 0.3) is 0 Å². The van der Waals surface area contributed by atoms with Gasteiger partial charge in [0.05, 0.1) is 13.2 Å². The van der Waals surface area contributed by atoms with Gasteiger partial charge in [0.2, 0.25) is 5.91 Å². The number of carbonyl (C=O) groups excluding carboxylic acids is 2. The summed E-state index contributed by atoms with van der Waals surface area (Å²) in [6.45, 7) is 2.09. The maximum atomic E-state index is 12.8. The molecule has 0 fully saturated rings.